The van der Waals surface area contributed by atoms with Crippen molar-refractivity contribution in [1.29, 1.82) is 0 Å². The summed E-state index contributed by atoms with van der Waals surface area (Å²) in [5.41, 5.74) is 0. The highest BCUT2D eigenvalue weighted by Gasteiger charge is 2.25. The summed E-state index contributed by atoms with van der Waals surface area (Å²) in [7, 11) is -7.82. The first-order valence-electron chi connectivity index (χ1n) is 4.54. The van der Waals surface area contributed by atoms with Crippen LogP contribution in [0.5, 0.6) is 0 Å². The lowest BCUT2D eigenvalue weighted by Crippen LogP contribution is -2.35. The van der Waals surface area contributed by atoms with Gasteiger partial charge >= 0.3 is 8.80 Å². The average Bonchev–Trinajstić information content (AvgIpc) is 1.98. The van der Waals surface area contributed by atoms with E-state index in [1.807, 2.05) is 0 Å². The molecule has 0 aromatic heterocycles. The monoisotopic (exact) mass is 259 g/mol. The standard InChI is InChI=1S/C6H17NO6SSi/c8-14(9,10)5-1-3-7-4-2-6-15(11,12)13/h7,11-13H,1-6H2,(H,8,9,10). The Labute approximate surface area is 89.9 Å². The molecule has 0 amide bonds. The fourth-order valence-electron chi connectivity index (χ4n) is 0.955. The summed E-state index contributed by atoms with van der Waals surface area (Å²) in [6.45, 7) is 0.874. The molecule has 0 aliphatic carbocycles. The van der Waals surface area contributed by atoms with Crippen molar-refractivity contribution in [1.82, 2.24) is 5.32 Å². The Bertz CT molecular complexity index is 261. The van der Waals surface area contributed by atoms with Gasteiger partial charge in [0.05, 0.1) is 5.75 Å². The van der Waals surface area contributed by atoms with E-state index in [1.165, 1.54) is 0 Å². The van der Waals surface area contributed by atoms with Crippen molar-refractivity contribution >= 4 is 18.9 Å². The fraction of sp³-hybridized carbons (Fsp3) is 1.00. The molecule has 0 unspecified atom stereocenters. The third-order valence-electron chi connectivity index (χ3n) is 1.62. The van der Waals surface area contributed by atoms with Gasteiger partial charge in [-0.15, -0.1) is 0 Å². The molecule has 15 heavy (non-hydrogen) atoms. The third kappa shape index (κ3) is 14.0. The molecule has 92 valence electrons. The van der Waals surface area contributed by atoms with Crippen LogP contribution in [0.15, 0.2) is 0 Å². The van der Waals surface area contributed by atoms with Crippen molar-refractivity contribution in [3.63, 3.8) is 0 Å². The molecule has 0 radical (unpaired) electrons. The normalized spacial score (nSPS) is 13.1. The van der Waals surface area contributed by atoms with Crippen LogP contribution in [0.3, 0.4) is 0 Å². The van der Waals surface area contributed by atoms with E-state index >= 15 is 0 Å². The Morgan fingerprint density at radius 1 is 1.07 bits per heavy atom. The first kappa shape index (κ1) is 15.0. The van der Waals surface area contributed by atoms with Crippen LogP contribution in [-0.2, 0) is 10.1 Å². The molecule has 0 saturated carbocycles. The molecule has 0 spiro atoms. The Balaban J connectivity index is 3.27. The second-order valence-corrected chi connectivity index (χ2v) is 6.89. The Hall–Kier alpha value is -0.0331. The SMILES string of the molecule is O=S(=O)(O)CCCNCCC[Si](O)(O)O. The van der Waals surface area contributed by atoms with E-state index in [0.29, 0.717) is 25.9 Å². The van der Waals surface area contributed by atoms with Gasteiger partial charge in [0.25, 0.3) is 10.1 Å². The van der Waals surface area contributed by atoms with Crippen molar-refractivity contribution in [3.8, 4) is 0 Å². The van der Waals surface area contributed by atoms with Crippen LogP contribution >= 0.6 is 0 Å². The highest BCUT2D eigenvalue weighted by Crippen LogP contribution is 1.99. The van der Waals surface area contributed by atoms with Gasteiger partial charge in [0.2, 0.25) is 0 Å². The second kappa shape index (κ2) is 6.53. The van der Waals surface area contributed by atoms with Gasteiger partial charge in [0.15, 0.2) is 0 Å². The molecule has 0 aromatic carbocycles. The predicted octanol–water partition coefficient (Wildman–Crippen LogP) is -1.84. The van der Waals surface area contributed by atoms with E-state index in [-0.39, 0.29) is 11.8 Å². The number of hydrogen-bond donors (Lipinski definition) is 5. The first-order chi connectivity index (χ1) is 6.71. The summed E-state index contributed by atoms with van der Waals surface area (Å²) in [6, 6.07) is -0.0434. The topological polar surface area (TPSA) is 127 Å². The van der Waals surface area contributed by atoms with Crippen molar-refractivity contribution in [2.45, 2.75) is 18.9 Å². The second-order valence-electron chi connectivity index (χ2n) is 3.27. The molecule has 0 aliphatic heterocycles. The third-order valence-corrected chi connectivity index (χ3v) is 3.45. The first-order valence-corrected chi connectivity index (χ1v) is 8.19. The Morgan fingerprint density at radius 3 is 2.07 bits per heavy atom. The van der Waals surface area contributed by atoms with E-state index in [9.17, 15) is 8.42 Å². The average molecular weight is 259 g/mol. The maximum atomic E-state index is 10.3. The molecule has 0 rings (SSSR count). The molecular formula is C6H17NO6SSi. The molecule has 0 fully saturated rings. The van der Waals surface area contributed by atoms with E-state index < -0.39 is 18.9 Å². The van der Waals surface area contributed by atoms with E-state index in [4.69, 9.17) is 18.9 Å². The van der Waals surface area contributed by atoms with Gasteiger partial charge in [-0.2, -0.15) is 8.42 Å². The Morgan fingerprint density at radius 2 is 1.60 bits per heavy atom. The molecule has 0 aliphatic rings. The maximum Gasteiger partial charge on any atom is 0.492 e. The maximum absolute atomic E-state index is 10.3. The van der Waals surface area contributed by atoms with Crippen molar-refractivity contribution < 1.29 is 27.4 Å². The van der Waals surface area contributed by atoms with Crippen LogP contribution in [-0.4, -0.2) is 55.0 Å². The zero-order valence-electron chi connectivity index (χ0n) is 8.26. The number of rotatable bonds is 8. The minimum Gasteiger partial charge on any atom is -0.390 e. The largest absolute Gasteiger partial charge is 0.492 e. The van der Waals surface area contributed by atoms with Gasteiger partial charge in [-0.25, -0.2) is 0 Å². The van der Waals surface area contributed by atoms with Gasteiger partial charge in [0, 0.05) is 6.04 Å². The predicted molar refractivity (Wildman–Crippen MR) is 55.7 cm³/mol. The van der Waals surface area contributed by atoms with Gasteiger partial charge < -0.3 is 19.7 Å². The van der Waals surface area contributed by atoms with Gasteiger partial charge in [0.1, 0.15) is 0 Å². The molecule has 9 heteroatoms. The summed E-state index contributed by atoms with van der Waals surface area (Å²) < 4.78 is 28.9. The molecule has 0 heterocycles. The quantitative estimate of drug-likeness (QED) is 0.197. The van der Waals surface area contributed by atoms with E-state index in [0.717, 1.165) is 0 Å². The van der Waals surface area contributed by atoms with Crippen LogP contribution in [0.1, 0.15) is 12.8 Å². The zero-order valence-corrected chi connectivity index (χ0v) is 10.1. The van der Waals surface area contributed by atoms with Crippen LogP contribution in [0, 0.1) is 0 Å². The van der Waals surface area contributed by atoms with Gasteiger partial charge in [-0.3, -0.25) is 4.55 Å². The highest BCUT2D eigenvalue weighted by atomic mass is 32.2. The molecule has 0 saturated heterocycles. The Kier molecular flexibility index (Phi) is 6.51. The molecule has 7 nitrogen and oxygen atoms in total. The smallest absolute Gasteiger partial charge is 0.390 e. The minimum absolute atomic E-state index is 0.0434. The van der Waals surface area contributed by atoms with Crippen molar-refractivity contribution in [3.05, 3.63) is 0 Å². The molecule has 0 atom stereocenters. The van der Waals surface area contributed by atoms with Crippen LogP contribution in [0.2, 0.25) is 6.04 Å². The molecular weight excluding hydrogens is 242 g/mol. The van der Waals surface area contributed by atoms with Crippen LogP contribution in [0.25, 0.3) is 0 Å². The lowest BCUT2D eigenvalue weighted by Gasteiger charge is -2.09. The molecule has 0 aromatic rings. The summed E-state index contributed by atoms with van der Waals surface area (Å²) in [6.07, 6.45) is 0.695. The minimum atomic E-state index is -3.93. The van der Waals surface area contributed by atoms with Gasteiger partial charge in [-0.1, -0.05) is 0 Å². The summed E-state index contributed by atoms with van der Waals surface area (Å²) in [4.78, 5) is 25.9. The fourth-order valence-corrected chi connectivity index (χ4v) is 2.12. The summed E-state index contributed by atoms with van der Waals surface area (Å²) >= 11 is 0. The summed E-state index contributed by atoms with van der Waals surface area (Å²) in [5, 5.41) is 2.84. The molecule has 5 N–H and O–H groups in total. The number of nitrogens with one attached hydrogen (secondary N) is 1. The lowest BCUT2D eigenvalue weighted by molar-refractivity contribution is 0.226. The number of hydrogen-bond acceptors (Lipinski definition) is 6. The van der Waals surface area contributed by atoms with Crippen LogP contribution < -0.4 is 5.32 Å². The molecule has 0 bridgehead atoms. The van der Waals surface area contributed by atoms with Crippen molar-refractivity contribution in [2.24, 2.45) is 0 Å². The van der Waals surface area contributed by atoms with Gasteiger partial charge in [-0.05, 0) is 25.9 Å². The van der Waals surface area contributed by atoms with E-state index in [1.54, 1.807) is 0 Å². The van der Waals surface area contributed by atoms with E-state index in [2.05, 4.69) is 5.32 Å². The van der Waals surface area contributed by atoms with Crippen molar-refractivity contribution in [2.75, 3.05) is 18.8 Å². The highest BCUT2D eigenvalue weighted by molar-refractivity contribution is 7.85. The lowest BCUT2D eigenvalue weighted by atomic mass is 10.4. The zero-order chi connectivity index (χ0) is 11.9. The van der Waals surface area contributed by atoms with Crippen LogP contribution in [0.4, 0.5) is 0 Å². The summed E-state index contributed by atoms with van der Waals surface area (Å²) in [5.74, 6) is -0.293.